The molecule has 0 N–H and O–H groups in total. The van der Waals surface area contributed by atoms with Gasteiger partial charge in [0.15, 0.2) is 12.0 Å². The minimum absolute atomic E-state index is 0.155. The molecule has 0 radical (unpaired) electrons. The summed E-state index contributed by atoms with van der Waals surface area (Å²) in [6, 6.07) is 2.59. The SMILES string of the molecule is CC(=O)c1ccc([N+](=O)[O-])nc1. The molecule has 0 saturated carbocycles. The van der Waals surface area contributed by atoms with Crippen LogP contribution in [0, 0.1) is 10.1 Å². The third-order valence-corrected chi connectivity index (χ3v) is 1.34. The van der Waals surface area contributed by atoms with Crippen LogP contribution in [0.2, 0.25) is 0 Å². The highest BCUT2D eigenvalue weighted by Gasteiger charge is 2.07. The average molecular weight is 166 g/mol. The van der Waals surface area contributed by atoms with Gasteiger partial charge in [-0.3, -0.25) is 4.79 Å². The standard InChI is InChI=1S/C7H6N2O3/c1-5(10)6-2-3-7(8-4-6)9(11)12/h2-4H,1H3. The second-order valence-electron chi connectivity index (χ2n) is 2.22. The number of nitro groups is 1. The molecule has 0 aliphatic rings. The van der Waals surface area contributed by atoms with Gasteiger partial charge in [-0.05, 0) is 22.9 Å². The zero-order valence-electron chi connectivity index (χ0n) is 6.35. The van der Waals surface area contributed by atoms with Gasteiger partial charge in [-0.15, -0.1) is 0 Å². The topological polar surface area (TPSA) is 73.1 Å². The van der Waals surface area contributed by atoms with E-state index in [1.54, 1.807) is 0 Å². The molecule has 0 amide bonds. The molecule has 5 nitrogen and oxygen atoms in total. The van der Waals surface area contributed by atoms with Crippen LogP contribution in [0.5, 0.6) is 0 Å². The fourth-order valence-electron chi connectivity index (χ4n) is 0.702. The van der Waals surface area contributed by atoms with Crippen LogP contribution in [0.3, 0.4) is 0 Å². The summed E-state index contributed by atoms with van der Waals surface area (Å²) >= 11 is 0. The Labute approximate surface area is 68.2 Å². The highest BCUT2D eigenvalue weighted by molar-refractivity contribution is 5.93. The third kappa shape index (κ3) is 1.63. The molecule has 1 aromatic rings. The Balaban J connectivity index is 3.01. The lowest BCUT2D eigenvalue weighted by molar-refractivity contribution is -0.389. The third-order valence-electron chi connectivity index (χ3n) is 1.34. The van der Waals surface area contributed by atoms with E-state index in [9.17, 15) is 14.9 Å². The highest BCUT2D eigenvalue weighted by Crippen LogP contribution is 2.07. The van der Waals surface area contributed by atoms with Gasteiger partial charge in [0.25, 0.3) is 0 Å². The molecule has 0 saturated heterocycles. The van der Waals surface area contributed by atoms with Crippen molar-refractivity contribution in [3.63, 3.8) is 0 Å². The van der Waals surface area contributed by atoms with Gasteiger partial charge in [0.05, 0.1) is 5.56 Å². The number of carbonyl (C=O) groups is 1. The zero-order valence-corrected chi connectivity index (χ0v) is 6.35. The first-order chi connectivity index (χ1) is 5.61. The molecule has 0 bridgehead atoms. The van der Waals surface area contributed by atoms with Gasteiger partial charge < -0.3 is 10.1 Å². The summed E-state index contributed by atoms with van der Waals surface area (Å²) in [6.07, 6.45) is 1.19. The molecule has 12 heavy (non-hydrogen) atoms. The molecule has 1 rings (SSSR count). The van der Waals surface area contributed by atoms with Crippen LogP contribution in [0.15, 0.2) is 18.3 Å². The van der Waals surface area contributed by atoms with E-state index in [2.05, 4.69) is 4.98 Å². The number of ketones is 1. The lowest BCUT2D eigenvalue weighted by Crippen LogP contribution is -1.96. The number of carbonyl (C=O) groups excluding carboxylic acids is 1. The molecule has 1 heterocycles. The van der Waals surface area contributed by atoms with Crippen molar-refractivity contribution in [2.75, 3.05) is 0 Å². The fourth-order valence-corrected chi connectivity index (χ4v) is 0.702. The molecular weight excluding hydrogens is 160 g/mol. The van der Waals surface area contributed by atoms with Crippen LogP contribution in [0.4, 0.5) is 5.82 Å². The summed E-state index contributed by atoms with van der Waals surface area (Å²) in [5.74, 6) is -0.405. The van der Waals surface area contributed by atoms with Gasteiger partial charge in [0, 0.05) is 6.07 Å². The fraction of sp³-hybridized carbons (Fsp3) is 0.143. The molecule has 5 heteroatoms. The second-order valence-corrected chi connectivity index (χ2v) is 2.22. The predicted octanol–water partition coefficient (Wildman–Crippen LogP) is 1.19. The smallest absolute Gasteiger partial charge is 0.358 e. The molecule has 0 aromatic carbocycles. The van der Waals surface area contributed by atoms with E-state index < -0.39 is 4.92 Å². The summed E-state index contributed by atoms with van der Waals surface area (Å²) in [5, 5.41) is 10.1. The molecule has 0 atom stereocenters. The van der Waals surface area contributed by atoms with Gasteiger partial charge >= 0.3 is 5.82 Å². The van der Waals surface area contributed by atoms with Crippen LogP contribution in [-0.4, -0.2) is 15.7 Å². The number of hydrogen-bond donors (Lipinski definition) is 0. The first kappa shape index (κ1) is 8.32. The van der Waals surface area contributed by atoms with Gasteiger partial charge in [-0.2, -0.15) is 0 Å². The predicted molar refractivity (Wildman–Crippen MR) is 40.9 cm³/mol. The first-order valence-corrected chi connectivity index (χ1v) is 3.22. The maximum Gasteiger partial charge on any atom is 0.363 e. The van der Waals surface area contributed by atoms with Crippen LogP contribution >= 0.6 is 0 Å². The Morgan fingerprint density at radius 2 is 2.25 bits per heavy atom. The Morgan fingerprint density at radius 3 is 2.58 bits per heavy atom. The van der Waals surface area contributed by atoms with Crippen molar-refractivity contribution in [3.05, 3.63) is 34.0 Å². The summed E-state index contributed by atoms with van der Waals surface area (Å²) in [4.78, 5) is 23.7. The maximum absolute atomic E-state index is 10.7. The summed E-state index contributed by atoms with van der Waals surface area (Å²) < 4.78 is 0. The van der Waals surface area contributed by atoms with E-state index in [-0.39, 0.29) is 11.6 Å². The van der Waals surface area contributed by atoms with Gasteiger partial charge in [-0.25, -0.2) is 0 Å². The summed E-state index contributed by atoms with van der Waals surface area (Å²) in [6.45, 7) is 1.38. The van der Waals surface area contributed by atoms with E-state index in [4.69, 9.17) is 0 Å². The quantitative estimate of drug-likeness (QED) is 0.375. The molecule has 62 valence electrons. The number of aromatic nitrogens is 1. The minimum Gasteiger partial charge on any atom is -0.358 e. The molecule has 0 fully saturated rings. The second kappa shape index (κ2) is 3.08. The molecule has 0 aliphatic heterocycles. The molecule has 0 unspecified atom stereocenters. The van der Waals surface area contributed by atoms with E-state index in [1.807, 2.05) is 0 Å². The first-order valence-electron chi connectivity index (χ1n) is 3.22. The molecule has 1 aromatic heterocycles. The van der Waals surface area contributed by atoms with Crippen molar-refractivity contribution in [1.82, 2.24) is 4.98 Å². The molecule has 0 spiro atoms. The van der Waals surface area contributed by atoms with Crippen molar-refractivity contribution in [3.8, 4) is 0 Å². The van der Waals surface area contributed by atoms with Crippen LogP contribution < -0.4 is 0 Å². The summed E-state index contributed by atoms with van der Waals surface area (Å²) in [7, 11) is 0. The van der Waals surface area contributed by atoms with Crippen LogP contribution in [-0.2, 0) is 0 Å². The maximum atomic E-state index is 10.7. The normalized spacial score (nSPS) is 9.42. The molecular formula is C7H6N2O3. The largest absolute Gasteiger partial charge is 0.363 e. The number of hydrogen-bond acceptors (Lipinski definition) is 4. The Morgan fingerprint density at radius 1 is 1.58 bits per heavy atom. The van der Waals surface area contributed by atoms with E-state index >= 15 is 0 Å². The van der Waals surface area contributed by atoms with Crippen molar-refractivity contribution in [2.45, 2.75) is 6.92 Å². The number of pyridine rings is 1. The highest BCUT2D eigenvalue weighted by atomic mass is 16.6. The Bertz CT molecular complexity index is 285. The van der Waals surface area contributed by atoms with Crippen molar-refractivity contribution in [1.29, 1.82) is 0 Å². The zero-order chi connectivity index (χ0) is 9.14. The van der Waals surface area contributed by atoms with Crippen molar-refractivity contribution >= 4 is 11.6 Å². The number of nitrogens with zero attached hydrogens (tertiary/aromatic N) is 2. The van der Waals surface area contributed by atoms with Gasteiger partial charge in [0.1, 0.15) is 0 Å². The van der Waals surface area contributed by atoms with E-state index in [0.29, 0.717) is 5.56 Å². The lowest BCUT2D eigenvalue weighted by atomic mass is 10.2. The number of rotatable bonds is 2. The summed E-state index contributed by atoms with van der Waals surface area (Å²) in [5.41, 5.74) is 0.376. The Kier molecular flexibility index (Phi) is 2.14. The van der Waals surface area contributed by atoms with Crippen molar-refractivity contribution in [2.24, 2.45) is 0 Å². The van der Waals surface area contributed by atoms with Gasteiger partial charge in [0.2, 0.25) is 0 Å². The van der Waals surface area contributed by atoms with Crippen molar-refractivity contribution < 1.29 is 9.72 Å². The minimum atomic E-state index is -0.607. The van der Waals surface area contributed by atoms with E-state index in [1.165, 1.54) is 25.3 Å². The van der Waals surface area contributed by atoms with Crippen LogP contribution in [0.25, 0.3) is 0 Å². The lowest BCUT2D eigenvalue weighted by Gasteiger charge is -1.91. The molecule has 0 aliphatic carbocycles. The number of Topliss-reactive ketones (excluding diaryl/α,β-unsaturated/α-hetero) is 1. The van der Waals surface area contributed by atoms with E-state index in [0.717, 1.165) is 0 Å². The monoisotopic (exact) mass is 166 g/mol. The average Bonchev–Trinajstić information content (AvgIpc) is 2.04. The van der Waals surface area contributed by atoms with Gasteiger partial charge in [-0.1, -0.05) is 0 Å². The van der Waals surface area contributed by atoms with Crippen LogP contribution in [0.1, 0.15) is 17.3 Å². The Hall–Kier alpha value is -1.78.